The molecule has 2 N–H and O–H groups in total. The number of hydrazone groups is 1. The van der Waals surface area contributed by atoms with Crippen LogP contribution >= 0.6 is 0 Å². The van der Waals surface area contributed by atoms with Gasteiger partial charge in [-0.3, -0.25) is 0 Å². The van der Waals surface area contributed by atoms with Crippen molar-refractivity contribution in [3.05, 3.63) is 29.6 Å². The molecule has 0 bridgehead atoms. The first kappa shape index (κ1) is 14.4. The van der Waals surface area contributed by atoms with Crippen LogP contribution in [0, 0.1) is 5.82 Å². The first-order valence-corrected chi connectivity index (χ1v) is 11.2. The quantitative estimate of drug-likeness (QED) is 0.670. The van der Waals surface area contributed by atoms with Crippen molar-refractivity contribution in [1.82, 2.24) is 2.71 Å². The van der Waals surface area contributed by atoms with Crippen LogP contribution < -0.4 is 10.7 Å². The van der Waals surface area contributed by atoms with E-state index in [4.69, 9.17) is 10.5 Å². The molecule has 5 nitrogen and oxygen atoms in total. The van der Waals surface area contributed by atoms with E-state index in [2.05, 4.69) is 11.9 Å². The molecule has 1 aliphatic heterocycles. The molecule has 1 heterocycles. The van der Waals surface area contributed by atoms with Crippen LogP contribution in [-0.2, 0) is 11.3 Å². The Morgan fingerprint density at radius 1 is 1.53 bits per heavy atom. The standard InChI is InChI=1S/C11H14FN4O.CH2.Tl/c1-17-11-14-4-5-16(15-11)10-3-2-8(7-13)6-9(10)12;;/h2-3,6H,4-5,7,13H2,1H3;1H2;/q-1;;+1. The van der Waals surface area contributed by atoms with Crippen molar-refractivity contribution in [1.29, 1.82) is 0 Å². The topological polar surface area (TPSA) is 54.1 Å². The molecule has 0 amide bonds. The summed E-state index contributed by atoms with van der Waals surface area (Å²) >= 11 is -1.22. The minimum absolute atomic E-state index is 0.311. The predicted octanol–water partition coefficient (Wildman–Crippen LogP) is 0.375. The Hall–Kier alpha value is -1.03. The third kappa shape index (κ3) is 3.11. The number of amidine groups is 1. The van der Waals surface area contributed by atoms with E-state index in [0.717, 1.165) is 12.1 Å². The molecule has 2 rings (SSSR count). The van der Waals surface area contributed by atoms with E-state index < -0.39 is 24.0 Å². The maximum absolute atomic E-state index is 14.0. The van der Waals surface area contributed by atoms with E-state index >= 15 is 0 Å². The number of rotatable bonds is 3. The van der Waals surface area contributed by atoms with Gasteiger partial charge < -0.3 is 0 Å². The summed E-state index contributed by atoms with van der Waals surface area (Å²) in [5.74, 6) is -0.311. The summed E-state index contributed by atoms with van der Waals surface area (Å²) in [5.41, 5.74) is 6.71. The molecule has 7 heteroatoms. The van der Waals surface area contributed by atoms with Crippen LogP contribution in [0.1, 0.15) is 5.56 Å². The van der Waals surface area contributed by atoms with Gasteiger partial charge in [0.25, 0.3) is 0 Å². The Kier molecular flexibility index (Phi) is 4.86. The molecular weight excluding hydrogens is 440 g/mol. The van der Waals surface area contributed by atoms with Gasteiger partial charge in [0.2, 0.25) is 0 Å². The molecule has 0 radical (unpaired) electrons. The Balaban J connectivity index is 2.30. The van der Waals surface area contributed by atoms with Crippen molar-refractivity contribution < 1.29 is 9.13 Å². The molecular formula is C12H16FN4OTl. The molecule has 0 atom stereocenters. The predicted molar refractivity (Wildman–Crippen MR) is 75.7 cm³/mol. The van der Waals surface area contributed by atoms with Crippen LogP contribution in [0.4, 0.5) is 10.1 Å². The molecule has 0 aliphatic carbocycles. The molecule has 19 heavy (non-hydrogen) atoms. The summed E-state index contributed by atoms with van der Waals surface area (Å²) in [6.07, 6.45) is 0. The Labute approximate surface area is 123 Å². The number of halogens is 1. The second-order valence-electron chi connectivity index (χ2n) is 4.08. The molecule has 1 aromatic carbocycles. The van der Waals surface area contributed by atoms with Gasteiger partial charge in [0.15, 0.2) is 0 Å². The van der Waals surface area contributed by atoms with Gasteiger partial charge in [0.05, 0.1) is 0 Å². The van der Waals surface area contributed by atoms with Crippen molar-refractivity contribution in [2.75, 3.05) is 25.2 Å². The third-order valence-corrected chi connectivity index (χ3v) is 6.51. The summed E-state index contributed by atoms with van der Waals surface area (Å²) in [5, 5.41) is 5.96. The maximum atomic E-state index is 14.0. The molecule has 0 saturated heterocycles. The van der Waals surface area contributed by atoms with Crippen molar-refractivity contribution in [2.24, 2.45) is 10.8 Å². The van der Waals surface area contributed by atoms with Crippen LogP contribution in [0.2, 0.25) is 0 Å². The zero-order valence-corrected chi connectivity index (χ0v) is 15.3. The summed E-state index contributed by atoms with van der Waals surface area (Å²) < 4.78 is 25.4. The van der Waals surface area contributed by atoms with Crippen molar-refractivity contribution in [2.45, 2.75) is 6.54 Å². The van der Waals surface area contributed by atoms with Gasteiger partial charge in [-0.25, -0.2) is 0 Å². The van der Waals surface area contributed by atoms with E-state index in [0.29, 0.717) is 24.8 Å². The van der Waals surface area contributed by atoms with Gasteiger partial charge in [-0.15, -0.1) is 0 Å². The monoisotopic (exact) mass is 456 g/mol. The van der Waals surface area contributed by atoms with E-state index in [-0.39, 0.29) is 5.82 Å². The van der Waals surface area contributed by atoms with Crippen LogP contribution in [0.15, 0.2) is 23.3 Å². The molecule has 0 spiro atoms. The van der Waals surface area contributed by atoms with Crippen LogP contribution in [-0.4, -0.2) is 57.0 Å². The summed E-state index contributed by atoms with van der Waals surface area (Å²) in [7, 11) is 1.57. The number of hydrogen-bond donors (Lipinski definition) is 1. The van der Waals surface area contributed by atoms with Crippen molar-refractivity contribution >= 4 is 39.8 Å². The molecule has 1 aliphatic rings. The Morgan fingerprint density at radius 3 is 2.89 bits per heavy atom. The van der Waals surface area contributed by atoms with Gasteiger partial charge in [-0.1, -0.05) is 0 Å². The van der Waals surface area contributed by atoms with Crippen LogP contribution in [0.5, 0.6) is 0 Å². The average Bonchev–Trinajstić information content (AvgIpc) is 2.46. The number of nitrogens with two attached hydrogens (primary N) is 1. The van der Waals surface area contributed by atoms with Gasteiger partial charge in [0.1, 0.15) is 0 Å². The number of anilines is 1. The number of ether oxygens (including phenoxy) is 1. The molecule has 0 fully saturated rings. The summed E-state index contributed by atoms with van der Waals surface area (Å²) in [4.78, 5) is 0. The molecule has 0 unspecified atom stereocenters. The van der Waals surface area contributed by atoms with E-state index in [1.165, 1.54) is 6.07 Å². The first-order chi connectivity index (χ1) is 9.19. The van der Waals surface area contributed by atoms with Gasteiger partial charge in [-0.05, 0) is 0 Å². The first-order valence-electron chi connectivity index (χ1n) is 5.97. The van der Waals surface area contributed by atoms with Gasteiger partial charge >= 0.3 is 124 Å². The number of methoxy groups -OCH3 is 1. The Morgan fingerprint density at radius 2 is 2.32 bits per heavy atom. The Bertz CT molecular complexity index is 509. The van der Waals surface area contributed by atoms with Gasteiger partial charge in [-0.2, -0.15) is 0 Å². The average molecular weight is 456 g/mol. The zero-order valence-electron chi connectivity index (χ0n) is 10.8. The number of nitrogens with zero attached hydrogens (tertiary/aromatic N) is 3. The number of hydrogen-bond acceptors (Lipinski definition) is 5. The second-order valence-corrected chi connectivity index (χ2v) is 7.92. The fourth-order valence-corrected chi connectivity index (χ4v) is 4.27. The minimum atomic E-state index is -1.22. The van der Waals surface area contributed by atoms with Crippen molar-refractivity contribution in [3.8, 4) is 0 Å². The SMILES string of the molecule is [CH2]=[Tl][N]1CCN(c2ccc(CN)cc2F)N=C1OC. The zero-order chi connectivity index (χ0) is 13.8. The molecule has 0 aromatic heterocycles. The fourth-order valence-electron chi connectivity index (χ4n) is 1.90. The second kappa shape index (κ2) is 6.42. The third-order valence-electron chi connectivity index (χ3n) is 2.93. The molecule has 100 valence electrons. The molecule has 0 saturated carbocycles. The van der Waals surface area contributed by atoms with E-state index in [9.17, 15) is 4.39 Å². The summed E-state index contributed by atoms with van der Waals surface area (Å²) in [6, 6.07) is 5.51. The molecule has 1 aromatic rings. The van der Waals surface area contributed by atoms with E-state index in [1.807, 2.05) is 6.07 Å². The van der Waals surface area contributed by atoms with E-state index in [1.54, 1.807) is 18.2 Å². The van der Waals surface area contributed by atoms with Crippen molar-refractivity contribution in [3.63, 3.8) is 0 Å². The number of benzene rings is 1. The van der Waals surface area contributed by atoms with Crippen LogP contribution in [0.3, 0.4) is 0 Å². The van der Waals surface area contributed by atoms with Crippen LogP contribution in [0.25, 0.3) is 0 Å². The normalized spacial score (nSPS) is 15.0. The summed E-state index contributed by atoms with van der Waals surface area (Å²) in [6.45, 7) is 1.74. The fraction of sp³-hybridized carbons (Fsp3) is 0.333. The van der Waals surface area contributed by atoms with Gasteiger partial charge in [0, 0.05) is 0 Å².